The number of aryl methyl sites for hydroxylation is 10. The van der Waals surface area contributed by atoms with Crippen LogP contribution >= 0.6 is 0 Å². The summed E-state index contributed by atoms with van der Waals surface area (Å²) in [6.07, 6.45) is 14.0. The molecule has 140 heavy (non-hydrogen) atoms. The van der Waals surface area contributed by atoms with E-state index in [-0.39, 0.29) is 87.6 Å². The minimum Gasteiger partial charge on any atom is -0.506 e. The Labute approximate surface area is 810 Å². The first-order chi connectivity index (χ1) is 66.2. The van der Waals surface area contributed by atoms with Crippen LogP contribution in [0.15, 0.2) is 0 Å². The van der Waals surface area contributed by atoms with Gasteiger partial charge in [-0.3, -0.25) is 38.4 Å². The van der Waals surface area contributed by atoms with Crippen LogP contribution < -0.4 is 47.9 Å². The number of hydrogen-bond donors (Lipinski definition) is 20. The molecule has 1 aliphatic carbocycles. The summed E-state index contributed by atoms with van der Waals surface area (Å²) in [6, 6.07) is 0.231. The number of ether oxygens (including phenoxy) is 1. The lowest BCUT2D eigenvalue weighted by molar-refractivity contribution is -0.111. The summed E-state index contributed by atoms with van der Waals surface area (Å²) >= 11 is 0. The number of likely N-dealkylation sites (N-methyl/N-ethyl adjacent to an activating group) is 2. The molecule has 0 radical (unpaired) electrons. The number of hydrogen-bond acceptors (Lipinski definition) is 23. The Bertz CT molecular complexity index is 6960. The van der Waals surface area contributed by atoms with Crippen molar-refractivity contribution in [2.45, 2.75) is 204 Å². The Hall–Kier alpha value is -15.5. The zero-order chi connectivity index (χ0) is 103. The number of aromatic carboxylic acids is 1. The van der Waals surface area contributed by atoms with E-state index >= 15 is 0 Å². The van der Waals surface area contributed by atoms with Crippen LogP contribution in [0.5, 0.6) is 28.7 Å². The smallest absolute Gasteiger partial charge is 0.340 e. The standard InChI is InChI=1S/C23H31N5O3.C23H28N4O3.C21H27N5O3.C19H21N3O4.C17H17N3O4/c1-7-28(8-2)10-9-24-23(31)18-12(3)17(25-14(18)5)11-16-19-13(4)20(29)15(6)26-21(19)27-22(16)30;1-11-17(24-13(3)18(11)23(30)26-15-8-6-5-7-9-15)10-16-19-12(2)20(28)14(4)25-21(19)27-22(16)29;1-6-22-7-8-23-21(29)16-10(2)15(24-12(16)4)9-14-17-11(3)18(27)13(5)25-19(17)26-20(14)28;1-6-26-19(25)14-8(2)13(20-10(14)4)7-12-15-9(3)16(23)11(5)21-17(15)22-18(12)24;1-6-11(18-8(3)12(6)17(23)24)5-10-13-7(2)14(21)9(4)19-15(13)20-16(10)22/h11,25,29H,7-10H2,1-6H3,(H,24,31)(H,26,27,30);10,15,24,28H,5-9H2,1-4H3,(H,26,30)(H,25,27,29);9,22,24,27H,6-8H2,1-5H3,(H,23,29)(H,25,26,28);7,20,23H,6H2,1-5H3,(H,21,22,24);5,18,21H,1-4H3,(H,23,24)(H,19,20,22)/b16-11-;16-10-;14-9-;12-7-;10-5-. The number of carbonyl (C=O) groups excluding carboxylic acids is 9. The van der Waals surface area contributed by atoms with Gasteiger partial charge in [0.15, 0.2) is 0 Å². The van der Waals surface area contributed by atoms with Gasteiger partial charge in [-0.25, -0.2) is 34.5 Å². The summed E-state index contributed by atoms with van der Waals surface area (Å²) in [5.41, 5.74) is 22.8. The molecule has 10 aromatic heterocycles. The molecule has 20 N–H and O–H groups in total. The van der Waals surface area contributed by atoms with E-state index in [0.717, 1.165) is 85.6 Å². The van der Waals surface area contributed by atoms with E-state index < -0.39 is 11.9 Å². The number of carboxylic acid groups (broad SMARTS) is 1. The summed E-state index contributed by atoms with van der Waals surface area (Å²) in [4.78, 5) is 164. The van der Waals surface area contributed by atoms with Gasteiger partial charge in [0.25, 0.3) is 47.3 Å². The van der Waals surface area contributed by atoms with Gasteiger partial charge in [-0.15, -0.1) is 0 Å². The maximum absolute atomic E-state index is 12.9. The number of fused-ring (bicyclic) bond motifs is 5. The minimum absolute atomic E-state index is 0.0433. The monoisotopic (exact) mass is 1910 g/mol. The van der Waals surface area contributed by atoms with Gasteiger partial charge < -0.3 is 113 Å². The van der Waals surface area contributed by atoms with Crippen LogP contribution in [0.2, 0.25) is 0 Å². The number of amides is 8. The second kappa shape index (κ2) is 42.6. The first-order valence-corrected chi connectivity index (χ1v) is 46.5. The van der Waals surface area contributed by atoms with Crippen LogP contribution in [0.3, 0.4) is 0 Å². The van der Waals surface area contributed by atoms with Crippen molar-refractivity contribution in [3.8, 4) is 28.7 Å². The van der Waals surface area contributed by atoms with Crippen molar-refractivity contribution in [1.82, 2.24) is 76.0 Å². The number of rotatable bonds is 21. The number of aromatic hydroxyl groups is 5. The van der Waals surface area contributed by atoms with Crippen molar-refractivity contribution in [2.75, 3.05) is 79.0 Å². The zero-order valence-electron chi connectivity index (χ0n) is 83.5. The fourth-order valence-electron chi connectivity index (χ4n) is 18.6. The van der Waals surface area contributed by atoms with Gasteiger partial charge in [-0.2, -0.15) is 0 Å². The van der Waals surface area contributed by atoms with Crippen LogP contribution in [-0.4, -0.2) is 203 Å². The fraction of sp³-hybridized carbons (Fsp3) is 0.369. The van der Waals surface area contributed by atoms with Crippen molar-refractivity contribution in [3.63, 3.8) is 0 Å². The molecule has 0 saturated heterocycles. The molecule has 16 rings (SSSR count). The lowest BCUT2D eigenvalue weighted by Crippen LogP contribution is -2.36. The van der Waals surface area contributed by atoms with E-state index in [1.807, 2.05) is 48.5 Å². The Kier molecular flexibility index (Phi) is 31.5. The minimum atomic E-state index is -1.02. The van der Waals surface area contributed by atoms with Crippen LogP contribution in [0.4, 0.5) is 29.1 Å². The molecule has 37 heteroatoms. The zero-order valence-corrected chi connectivity index (χ0v) is 83.5. The van der Waals surface area contributed by atoms with E-state index in [9.17, 15) is 78.6 Å². The molecular formula is C103H124N20O17. The van der Waals surface area contributed by atoms with E-state index in [2.05, 4.69) is 116 Å². The molecule has 0 spiro atoms. The number of anilines is 5. The molecule has 0 aromatic carbocycles. The second-order valence-corrected chi connectivity index (χ2v) is 35.6. The highest BCUT2D eigenvalue weighted by Crippen LogP contribution is 2.46. The Morgan fingerprint density at radius 1 is 0.357 bits per heavy atom. The highest BCUT2D eigenvalue weighted by Gasteiger charge is 2.38. The van der Waals surface area contributed by atoms with Gasteiger partial charge in [0.1, 0.15) is 57.8 Å². The van der Waals surface area contributed by atoms with Crippen LogP contribution in [0.1, 0.15) is 280 Å². The second-order valence-electron chi connectivity index (χ2n) is 35.6. The number of pyridine rings is 5. The first kappa shape index (κ1) is 103. The van der Waals surface area contributed by atoms with Crippen molar-refractivity contribution >= 4 is 147 Å². The fourth-order valence-corrected chi connectivity index (χ4v) is 18.6. The van der Waals surface area contributed by atoms with E-state index in [0.29, 0.717) is 241 Å². The molecule has 0 unspecified atom stereocenters. The molecule has 37 nitrogen and oxygen atoms in total. The van der Waals surface area contributed by atoms with Crippen molar-refractivity contribution in [1.29, 1.82) is 0 Å². The topological polar surface area (TPSA) is 556 Å². The summed E-state index contributed by atoms with van der Waals surface area (Å²) in [5, 5.41) is 86.3. The number of H-pyrrole nitrogens is 5. The summed E-state index contributed by atoms with van der Waals surface area (Å²) in [7, 11) is 0. The summed E-state index contributed by atoms with van der Waals surface area (Å²) < 4.78 is 5.10. The van der Waals surface area contributed by atoms with Gasteiger partial charge in [0.05, 0.1) is 90.8 Å². The Morgan fingerprint density at radius 2 is 0.621 bits per heavy atom. The molecule has 6 aliphatic rings. The molecular weight excluding hydrogens is 1790 g/mol. The van der Waals surface area contributed by atoms with Crippen molar-refractivity contribution in [3.05, 3.63) is 197 Å². The highest BCUT2D eigenvalue weighted by atomic mass is 16.5. The predicted molar refractivity (Wildman–Crippen MR) is 539 cm³/mol. The SMILES string of the molecule is CCN(CC)CCNC(=O)c1c(C)[nH]c(/C=C2\C(=O)Nc3nc(C)c(O)c(C)c32)c1C.CCNCCNC(=O)c1c(C)[nH]c(/C=C2\C(=O)Nc3nc(C)c(O)c(C)c32)c1C.CCOC(=O)c1c(C)[nH]c(/C=C2\C(=O)Nc3nc(C)c(O)c(C)c32)c1C.Cc1nc2c(c(C)c1O)/C(=C/c1[nH]c(C)c(C(=O)NC3CCCCC3)c1C)C(=O)N2.Cc1nc2c(c(C)c1O)/C(=C/c1[nH]c(C)c(C(=O)O)c1C)C(=O)N2. The molecule has 5 aliphatic heterocycles. The normalized spacial score (nSPS) is 15.2. The van der Waals surface area contributed by atoms with Gasteiger partial charge >= 0.3 is 11.9 Å². The molecule has 10 aromatic rings. The first-order valence-electron chi connectivity index (χ1n) is 46.5. The van der Waals surface area contributed by atoms with E-state index in [1.165, 1.54) is 6.42 Å². The van der Waals surface area contributed by atoms with Crippen molar-refractivity contribution in [2.24, 2.45) is 0 Å². The van der Waals surface area contributed by atoms with Gasteiger partial charge in [-0.05, 0) is 236 Å². The summed E-state index contributed by atoms with van der Waals surface area (Å²) in [6.45, 7) is 48.8. The number of carbonyl (C=O) groups is 10. The van der Waals surface area contributed by atoms with Gasteiger partial charge in [-0.1, -0.05) is 40.0 Å². The molecule has 8 amide bonds. The third-order valence-corrected chi connectivity index (χ3v) is 26.3. The lowest BCUT2D eigenvalue weighted by atomic mass is 9.95. The molecule has 738 valence electrons. The number of nitrogens with one attached hydrogen (secondary N) is 14. The maximum Gasteiger partial charge on any atom is 0.340 e. The summed E-state index contributed by atoms with van der Waals surface area (Å²) in [5.74, 6) is -0.737. The highest BCUT2D eigenvalue weighted by molar-refractivity contribution is 6.38. The Morgan fingerprint density at radius 3 is 0.893 bits per heavy atom. The van der Waals surface area contributed by atoms with E-state index in [1.54, 1.807) is 134 Å². The molecule has 1 saturated carbocycles. The van der Waals surface area contributed by atoms with Crippen LogP contribution in [-0.2, 0) is 28.7 Å². The quantitative estimate of drug-likeness (QED) is 0.0180. The third kappa shape index (κ3) is 20.7. The van der Waals surface area contributed by atoms with Gasteiger partial charge in [0, 0.05) is 145 Å². The average Bonchev–Trinajstić information content (AvgIpc) is 1.62. The Balaban J connectivity index is 0.000000157. The van der Waals surface area contributed by atoms with Crippen LogP contribution in [0, 0.1) is 138 Å². The molecule has 0 bridgehead atoms. The number of nitrogens with zero attached hydrogens (tertiary/aromatic N) is 6. The number of carboxylic acids is 1. The van der Waals surface area contributed by atoms with Crippen LogP contribution in [0.25, 0.3) is 58.2 Å². The predicted octanol–water partition coefficient (Wildman–Crippen LogP) is 14.6. The van der Waals surface area contributed by atoms with Gasteiger partial charge in [0.2, 0.25) is 0 Å². The average molecular weight is 1910 g/mol. The third-order valence-electron chi connectivity index (χ3n) is 26.3. The molecule has 1 fully saturated rings. The molecule has 15 heterocycles. The largest absolute Gasteiger partial charge is 0.506 e. The number of aromatic nitrogens is 10. The van der Waals surface area contributed by atoms with Crippen molar-refractivity contribution < 1.29 is 83.3 Å². The lowest BCUT2D eigenvalue weighted by Gasteiger charge is -2.22. The number of aromatic amines is 5. The molecule has 0 atom stereocenters. The number of esters is 1. The van der Waals surface area contributed by atoms with E-state index in [4.69, 9.17) is 4.74 Å². The maximum atomic E-state index is 12.9.